The van der Waals surface area contributed by atoms with Gasteiger partial charge in [-0.2, -0.15) is 13.2 Å². The normalized spacial score (nSPS) is 25.6. The van der Waals surface area contributed by atoms with Crippen LogP contribution in [-0.2, 0) is 14.6 Å². The fraction of sp³-hybridized carbons (Fsp3) is 0.923. The first-order valence-corrected chi connectivity index (χ1v) is 9.23. The number of sulfone groups is 1. The van der Waals surface area contributed by atoms with Crippen LogP contribution in [0.1, 0.15) is 25.7 Å². The molecule has 2 heterocycles. The SMILES string of the molecule is CS(=O)(=O)C1(C(=O)N2CCCC(C(F)(F)F)C2)CCNCC1.Cl. The number of alkyl halides is 3. The Bertz CT molecular complexity index is 533. The third-order valence-corrected chi connectivity index (χ3v) is 6.68. The van der Waals surface area contributed by atoms with Crippen molar-refractivity contribution in [1.82, 2.24) is 10.2 Å². The standard InChI is InChI=1S/C13H21F3N2O3S.ClH/c1-22(20,21)12(4-6-17-7-5-12)11(19)18-8-2-3-10(9-18)13(14,15)16;/h10,17H,2-9H2,1H3;1H. The molecule has 0 radical (unpaired) electrons. The van der Waals surface area contributed by atoms with E-state index in [1.807, 2.05) is 0 Å². The lowest BCUT2D eigenvalue weighted by Gasteiger charge is -2.41. The molecule has 2 aliphatic heterocycles. The lowest BCUT2D eigenvalue weighted by Crippen LogP contribution is -2.60. The van der Waals surface area contributed by atoms with E-state index in [1.165, 1.54) is 0 Å². The second-order valence-electron chi connectivity index (χ2n) is 6.15. The summed E-state index contributed by atoms with van der Waals surface area (Å²) in [7, 11) is -3.70. The maximum atomic E-state index is 12.9. The predicted octanol–water partition coefficient (Wildman–Crippen LogP) is 1.38. The van der Waals surface area contributed by atoms with Gasteiger partial charge in [0.1, 0.15) is 0 Å². The zero-order chi connectivity index (χ0) is 16.6. The molecule has 2 saturated heterocycles. The molecule has 2 fully saturated rings. The van der Waals surface area contributed by atoms with Crippen molar-refractivity contribution in [2.45, 2.75) is 36.6 Å². The smallest absolute Gasteiger partial charge is 0.341 e. The van der Waals surface area contributed by atoms with Crippen molar-refractivity contribution in [2.75, 3.05) is 32.4 Å². The van der Waals surface area contributed by atoms with Gasteiger partial charge in [0.2, 0.25) is 5.91 Å². The fourth-order valence-corrected chi connectivity index (χ4v) is 4.68. The number of likely N-dealkylation sites (tertiary alicyclic amines) is 1. The van der Waals surface area contributed by atoms with Gasteiger partial charge >= 0.3 is 6.18 Å². The van der Waals surface area contributed by atoms with Crippen LogP contribution >= 0.6 is 12.4 Å². The Hall–Kier alpha value is -0.540. The van der Waals surface area contributed by atoms with Gasteiger partial charge in [0.05, 0.1) is 5.92 Å². The maximum absolute atomic E-state index is 12.9. The molecule has 1 unspecified atom stereocenters. The third-order valence-electron chi connectivity index (χ3n) is 4.68. The zero-order valence-corrected chi connectivity index (χ0v) is 14.5. The lowest BCUT2D eigenvalue weighted by atomic mass is 9.92. The second-order valence-corrected chi connectivity index (χ2v) is 8.47. The number of carbonyl (C=O) groups excluding carboxylic acids is 1. The molecule has 0 aromatic carbocycles. The largest absolute Gasteiger partial charge is 0.393 e. The first-order chi connectivity index (χ1) is 10.1. The topological polar surface area (TPSA) is 66.5 Å². The van der Waals surface area contributed by atoms with Gasteiger partial charge in [-0.25, -0.2) is 8.42 Å². The molecule has 0 bridgehead atoms. The molecule has 136 valence electrons. The zero-order valence-electron chi connectivity index (χ0n) is 12.9. The van der Waals surface area contributed by atoms with Gasteiger partial charge in [-0.1, -0.05) is 0 Å². The van der Waals surface area contributed by atoms with Gasteiger partial charge in [-0.3, -0.25) is 4.79 Å². The number of nitrogens with one attached hydrogen (secondary N) is 1. The highest BCUT2D eigenvalue weighted by molar-refractivity contribution is 7.92. The summed E-state index contributed by atoms with van der Waals surface area (Å²) in [5.74, 6) is -2.23. The van der Waals surface area contributed by atoms with Crippen molar-refractivity contribution < 1.29 is 26.4 Å². The highest BCUT2D eigenvalue weighted by Gasteiger charge is 2.52. The number of amides is 1. The number of nitrogens with zero attached hydrogens (tertiary/aromatic N) is 1. The Kier molecular flexibility index (Phi) is 6.37. The average Bonchev–Trinajstić information content (AvgIpc) is 2.45. The number of halogens is 4. The Morgan fingerprint density at radius 1 is 1.26 bits per heavy atom. The Morgan fingerprint density at radius 2 is 1.83 bits per heavy atom. The first kappa shape index (κ1) is 20.5. The predicted molar refractivity (Wildman–Crippen MR) is 82.3 cm³/mol. The first-order valence-electron chi connectivity index (χ1n) is 7.34. The van der Waals surface area contributed by atoms with Crippen LogP contribution in [0.3, 0.4) is 0 Å². The molecule has 0 aromatic heterocycles. The highest BCUT2D eigenvalue weighted by Crippen LogP contribution is 2.36. The summed E-state index contributed by atoms with van der Waals surface area (Å²) >= 11 is 0. The van der Waals surface area contributed by atoms with Gasteiger partial charge < -0.3 is 10.2 Å². The molecule has 23 heavy (non-hydrogen) atoms. The van der Waals surface area contributed by atoms with Gasteiger partial charge in [0, 0.05) is 19.3 Å². The number of carbonyl (C=O) groups is 1. The van der Waals surface area contributed by atoms with Crippen LogP contribution < -0.4 is 5.32 Å². The van der Waals surface area contributed by atoms with Crippen LogP contribution in [0.2, 0.25) is 0 Å². The van der Waals surface area contributed by atoms with Gasteiger partial charge in [0.25, 0.3) is 0 Å². The summed E-state index contributed by atoms with van der Waals surface area (Å²) in [5, 5.41) is 2.99. The van der Waals surface area contributed by atoms with Crippen molar-refractivity contribution in [3.05, 3.63) is 0 Å². The minimum atomic E-state index is -4.36. The van der Waals surface area contributed by atoms with Crippen molar-refractivity contribution >= 4 is 28.2 Å². The Balaban J connectivity index is 0.00000264. The highest BCUT2D eigenvalue weighted by atomic mass is 35.5. The number of hydrogen-bond donors (Lipinski definition) is 1. The van der Waals surface area contributed by atoms with Crippen molar-refractivity contribution in [3.63, 3.8) is 0 Å². The number of piperidine rings is 2. The number of rotatable bonds is 2. The summed E-state index contributed by atoms with van der Waals surface area (Å²) in [4.78, 5) is 13.9. The molecule has 0 aromatic rings. The van der Waals surface area contributed by atoms with E-state index in [0.29, 0.717) is 13.1 Å². The number of hydrogen-bond acceptors (Lipinski definition) is 4. The van der Waals surface area contributed by atoms with Gasteiger partial charge in [-0.15, -0.1) is 12.4 Å². The summed E-state index contributed by atoms with van der Waals surface area (Å²) in [6, 6.07) is 0. The Morgan fingerprint density at radius 3 is 2.30 bits per heavy atom. The second kappa shape index (κ2) is 7.14. The van der Waals surface area contributed by atoms with Crippen molar-refractivity contribution in [2.24, 2.45) is 5.92 Å². The van der Waals surface area contributed by atoms with E-state index in [4.69, 9.17) is 0 Å². The van der Waals surface area contributed by atoms with Gasteiger partial charge in [0.15, 0.2) is 14.6 Å². The summed E-state index contributed by atoms with van der Waals surface area (Å²) in [5.41, 5.74) is 0. The third kappa shape index (κ3) is 4.11. The minimum absolute atomic E-state index is 0. The monoisotopic (exact) mass is 378 g/mol. The molecular formula is C13H22ClF3N2O3S. The summed E-state index contributed by atoms with van der Waals surface area (Å²) in [6.07, 6.45) is -2.91. The summed E-state index contributed by atoms with van der Waals surface area (Å²) in [6.45, 7) is 0.494. The van der Waals surface area contributed by atoms with E-state index in [-0.39, 0.29) is 44.6 Å². The van der Waals surface area contributed by atoms with E-state index in [0.717, 1.165) is 11.2 Å². The molecule has 10 heteroatoms. The molecule has 0 saturated carbocycles. The van der Waals surface area contributed by atoms with Crippen molar-refractivity contribution in [1.29, 1.82) is 0 Å². The molecule has 1 amide bonds. The minimum Gasteiger partial charge on any atom is -0.341 e. The average molecular weight is 379 g/mol. The van der Waals surface area contributed by atoms with E-state index in [2.05, 4.69) is 5.32 Å². The summed E-state index contributed by atoms with van der Waals surface area (Å²) < 4.78 is 61.4. The molecule has 0 spiro atoms. The van der Waals surface area contributed by atoms with Crippen LogP contribution in [0.25, 0.3) is 0 Å². The quantitative estimate of drug-likeness (QED) is 0.788. The fourth-order valence-electron chi connectivity index (χ4n) is 3.29. The molecular weight excluding hydrogens is 357 g/mol. The van der Waals surface area contributed by atoms with Crippen LogP contribution in [-0.4, -0.2) is 62.6 Å². The molecule has 1 N–H and O–H groups in total. The van der Waals surface area contributed by atoms with Crippen LogP contribution in [0, 0.1) is 5.92 Å². The molecule has 1 atom stereocenters. The van der Waals surface area contributed by atoms with Crippen LogP contribution in [0.4, 0.5) is 13.2 Å². The maximum Gasteiger partial charge on any atom is 0.393 e. The molecule has 0 aliphatic carbocycles. The molecule has 5 nitrogen and oxygen atoms in total. The van der Waals surface area contributed by atoms with Crippen LogP contribution in [0.15, 0.2) is 0 Å². The molecule has 2 rings (SSSR count). The van der Waals surface area contributed by atoms with Crippen molar-refractivity contribution in [3.8, 4) is 0 Å². The van der Waals surface area contributed by atoms with E-state index < -0.39 is 39.1 Å². The van der Waals surface area contributed by atoms with E-state index in [9.17, 15) is 26.4 Å². The van der Waals surface area contributed by atoms with Crippen LogP contribution in [0.5, 0.6) is 0 Å². The Labute approximate surface area is 140 Å². The van der Waals surface area contributed by atoms with Gasteiger partial charge in [-0.05, 0) is 38.8 Å². The van der Waals surface area contributed by atoms with E-state index >= 15 is 0 Å². The van der Waals surface area contributed by atoms with E-state index in [1.54, 1.807) is 0 Å². The molecule has 2 aliphatic rings. The lowest BCUT2D eigenvalue weighted by molar-refractivity contribution is -0.188.